The van der Waals surface area contributed by atoms with Crippen LogP contribution >= 0.6 is 11.6 Å². The largest absolute Gasteiger partial charge is 0.416 e. The van der Waals surface area contributed by atoms with Crippen molar-refractivity contribution in [3.05, 3.63) is 84.6 Å². The molecule has 0 aliphatic carbocycles. The summed E-state index contributed by atoms with van der Waals surface area (Å²) in [5, 5.41) is 27.0. The van der Waals surface area contributed by atoms with Gasteiger partial charge in [-0.05, 0) is 42.0 Å². The summed E-state index contributed by atoms with van der Waals surface area (Å²) in [7, 11) is 0. The highest BCUT2D eigenvalue weighted by Crippen LogP contribution is 2.34. The number of carbonyl (C=O) groups is 1. The normalized spacial score (nSPS) is 11.5. The van der Waals surface area contributed by atoms with Crippen LogP contribution in [-0.4, -0.2) is 39.3 Å². The van der Waals surface area contributed by atoms with Crippen molar-refractivity contribution in [2.24, 2.45) is 0 Å². The van der Waals surface area contributed by atoms with Crippen molar-refractivity contribution in [2.75, 3.05) is 29.1 Å². The van der Waals surface area contributed by atoms with Crippen molar-refractivity contribution in [3.63, 3.8) is 0 Å². The van der Waals surface area contributed by atoms with Crippen LogP contribution in [0.4, 0.5) is 40.7 Å². The number of aliphatic hydroxyl groups is 1. The Morgan fingerprint density at radius 2 is 1.87 bits per heavy atom. The van der Waals surface area contributed by atoms with Gasteiger partial charge in [-0.2, -0.15) is 18.2 Å². The average Bonchev–Trinajstić information content (AvgIpc) is 2.89. The van der Waals surface area contributed by atoms with Crippen LogP contribution in [-0.2, 0) is 11.0 Å². The highest BCUT2D eigenvalue weighted by atomic mass is 35.5. The quantitative estimate of drug-likeness (QED) is 0.0815. The molecule has 3 rings (SSSR count). The Bertz CT molecular complexity index is 1400. The standard InChI is InChI=1S/C25H22ClF4N7O2/c1-2-21(39)34-16-7-8-18(27)19(11-16)35-23-17(14-3-5-15(6-4-14)25(28,29)30)12-33-24(37-23)36-20(22(26)31)13-32-9-10-38/h2-8,11-13,31-32,38H,1,9-10H2,(H,34,39)(H2,33,35,36,37)/b20-13+,31-22?. The van der Waals surface area contributed by atoms with Gasteiger partial charge in [0.15, 0.2) is 0 Å². The van der Waals surface area contributed by atoms with Gasteiger partial charge in [-0.15, -0.1) is 0 Å². The third kappa shape index (κ3) is 7.99. The molecule has 6 N–H and O–H groups in total. The van der Waals surface area contributed by atoms with E-state index in [2.05, 4.69) is 37.8 Å². The molecule has 0 aliphatic rings. The first kappa shape index (κ1) is 29.1. The lowest BCUT2D eigenvalue weighted by molar-refractivity contribution is -0.137. The molecular weight excluding hydrogens is 542 g/mol. The summed E-state index contributed by atoms with van der Waals surface area (Å²) >= 11 is 5.81. The summed E-state index contributed by atoms with van der Waals surface area (Å²) in [5.74, 6) is -1.34. The minimum Gasteiger partial charge on any atom is -0.395 e. The highest BCUT2D eigenvalue weighted by molar-refractivity contribution is 6.68. The van der Waals surface area contributed by atoms with Gasteiger partial charge in [-0.3, -0.25) is 10.2 Å². The van der Waals surface area contributed by atoms with Gasteiger partial charge in [0, 0.05) is 30.2 Å². The Labute approximate surface area is 225 Å². The number of hydrogen-bond acceptors (Lipinski definition) is 8. The molecular formula is C25H22ClF4N7O2. The zero-order valence-corrected chi connectivity index (χ0v) is 20.8. The van der Waals surface area contributed by atoms with Crippen LogP contribution in [0.3, 0.4) is 0 Å². The van der Waals surface area contributed by atoms with Gasteiger partial charge in [0.2, 0.25) is 11.9 Å². The molecule has 2 aromatic carbocycles. The number of amides is 1. The molecule has 0 unspecified atom stereocenters. The van der Waals surface area contributed by atoms with Crippen LogP contribution in [0.2, 0.25) is 0 Å². The second-order valence-electron chi connectivity index (χ2n) is 7.72. The second kappa shape index (κ2) is 12.8. The smallest absolute Gasteiger partial charge is 0.395 e. The Balaban J connectivity index is 2.05. The fourth-order valence-corrected chi connectivity index (χ4v) is 3.22. The molecule has 39 heavy (non-hydrogen) atoms. The molecule has 0 saturated carbocycles. The Morgan fingerprint density at radius 1 is 1.15 bits per heavy atom. The first-order chi connectivity index (χ1) is 18.5. The van der Waals surface area contributed by atoms with Crippen LogP contribution in [0.1, 0.15) is 5.56 Å². The van der Waals surface area contributed by atoms with E-state index in [1.807, 2.05) is 0 Å². The summed E-state index contributed by atoms with van der Waals surface area (Å²) in [5.41, 5.74) is -0.178. The van der Waals surface area contributed by atoms with Gasteiger partial charge in [0.05, 0.1) is 23.6 Å². The third-order valence-electron chi connectivity index (χ3n) is 4.97. The molecule has 0 aliphatic heterocycles. The third-order valence-corrected chi connectivity index (χ3v) is 5.17. The molecule has 0 fully saturated rings. The van der Waals surface area contributed by atoms with Crippen molar-refractivity contribution in [3.8, 4) is 11.1 Å². The van der Waals surface area contributed by atoms with Crippen LogP contribution in [0, 0.1) is 11.2 Å². The summed E-state index contributed by atoms with van der Waals surface area (Å²) in [4.78, 5) is 20.1. The van der Waals surface area contributed by atoms with Gasteiger partial charge in [0.25, 0.3) is 0 Å². The molecule has 1 aromatic heterocycles. The number of carbonyl (C=O) groups excluding carboxylic acids is 1. The monoisotopic (exact) mass is 563 g/mol. The van der Waals surface area contributed by atoms with Crippen molar-refractivity contribution >= 4 is 45.8 Å². The van der Waals surface area contributed by atoms with Crippen molar-refractivity contribution in [2.45, 2.75) is 6.18 Å². The van der Waals surface area contributed by atoms with Gasteiger partial charge in [-0.25, -0.2) is 9.37 Å². The lowest BCUT2D eigenvalue weighted by Gasteiger charge is -2.16. The van der Waals surface area contributed by atoms with Crippen molar-refractivity contribution in [1.29, 1.82) is 5.41 Å². The maximum atomic E-state index is 14.7. The van der Waals surface area contributed by atoms with E-state index < -0.39 is 28.6 Å². The molecule has 0 spiro atoms. The minimum absolute atomic E-state index is 0.0119. The molecule has 1 heterocycles. The zero-order valence-electron chi connectivity index (χ0n) is 20.0. The Kier molecular flexibility index (Phi) is 9.57. The van der Waals surface area contributed by atoms with E-state index in [9.17, 15) is 22.4 Å². The van der Waals surface area contributed by atoms with Gasteiger partial charge < -0.3 is 26.4 Å². The number of nitrogens with one attached hydrogen (secondary N) is 5. The van der Waals surface area contributed by atoms with Crippen molar-refractivity contribution < 1.29 is 27.5 Å². The van der Waals surface area contributed by atoms with E-state index in [1.54, 1.807) is 0 Å². The van der Waals surface area contributed by atoms with E-state index in [0.29, 0.717) is 5.56 Å². The molecule has 0 atom stereocenters. The summed E-state index contributed by atoms with van der Waals surface area (Å²) in [6, 6.07) is 7.93. The van der Waals surface area contributed by atoms with Crippen LogP contribution < -0.4 is 21.3 Å². The minimum atomic E-state index is -4.54. The molecule has 0 bridgehead atoms. The lowest BCUT2D eigenvalue weighted by atomic mass is 10.1. The van der Waals surface area contributed by atoms with E-state index in [-0.39, 0.29) is 47.6 Å². The van der Waals surface area contributed by atoms with Gasteiger partial charge >= 0.3 is 6.18 Å². The van der Waals surface area contributed by atoms with E-state index in [0.717, 1.165) is 24.3 Å². The topological polar surface area (TPSA) is 135 Å². The summed E-state index contributed by atoms with van der Waals surface area (Å²) < 4.78 is 53.9. The van der Waals surface area contributed by atoms with Crippen LogP contribution in [0.15, 0.2) is 73.2 Å². The number of nitrogens with zero attached hydrogens (tertiary/aromatic N) is 2. The number of hydrogen-bond donors (Lipinski definition) is 6. The number of halogens is 5. The average molecular weight is 564 g/mol. The van der Waals surface area contributed by atoms with E-state index >= 15 is 0 Å². The Hall–Kier alpha value is -4.49. The highest BCUT2D eigenvalue weighted by Gasteiger charge is 2.30. The number of allylic oxidation sites excluding steroid dienone is 1. The number of anilines is 4. The predicted octanol–water partition coefficient (Wildman–Crippen LogP) is 5.22. The molecule has 204 valence electrons. The second-order valence-corrected chi connectivity index (χ2v) is 8.10. The predicted molar refractivity (Wildman–Crippen MR) is 141 cm³/mol. The molecule has 3 aromatic rings. The summed E-state index contributed by atoms with van der Waals surface area (Å²) in [6.45, 7) is 3.36. The van der Waals surface area contributed by atoms with Gasteiger partial charge in [0.1, 0.15) is 16.8 Å². The Morgan fingerprint density at radius 3 is 2.49 bits per heavy atom. The first-order valence-corrected chi connectivity index (χ1v) is 11.5. The molecule has 0 saturated heterocycles. The van der Waals surface area contributed by atoms with Crippen LogP contribution in [0.5, 0.6) is 0 Å². The zero-order chi connectivity index (χ0) is 28.6. The molecule has 9 nitrogen and oxygen atoms in total. The number of aromatic nitrogens is 2. The fraction of sp³-hybridized carbons (Fsp3) is 0.120. The summed E-state index contributed by atoms with van der Waals surface area (Å²) in [6.07, 6.45) is -0.895. The number of aliphatic hydroxyl groups excluding tert-OH is 1. The molecule has 1 amide bonds. The number of benzene rings is 2. The van der Waals surface area contributed by atoms with E-state index in [1.165, 1.54) is 36.7 Å². The SMILES string of the molecule is C=CC(=O)Nc1ccc(F)c(Nc2nc(N/C(=C/NCCO)C(=N)Cl)ncc2-c2ccc(C(F)(F)F)cc2)c1. The fourth-order valence-electron chi connectivity index (χ4n) is 3.12. The molecule has 0 radical (unpaired) electrons. The van der Waals surface area contributed by atoms with E-state index in [4.69, 9.17) is 22.1 Å². The maximum Gasteiger partial charge on any atom is 0.416 e. The first-order valence-electron chi connectivity index (χ1n) is 11.1. The number of alkyl halides is 3. The van der Waals surface area contributed by atoms with Crippen molar-refractivity contribution in [1.82, 2.24) is 15.3 Å². The molecule has 14 heteroatoms. The van der Waals surface area contributed by atoms with Gasteiger partial charge in [-0.1, -0.05) is 30.3 Å². The lowest BCUT2D eigenvalue weighted by Crippen LogP contribution is -2.17. The van der Waals surface area contributed by atoms with Crippen LogP contribution in [0.25, 0.3) is 11.1 Å². The maximum absolute atomic E-state index is 14.7. The number of rotatable bonds is 11.